The molecule has 0 fully saturated rings. The van der Waals surface area contributed by atoms with Crippen molar-refractivity contribution in [2.24, 2.45) is 0 Å². The summed E-state index contributed by atoms with van der Waals surface area (Å²) >= 11 is 0. The molecule has 0 spiro atoms. The standard InChI is InChI=1S/C9H14NO.ClH/c1-9-5-3-4-6-10(9)7-8-11-2;/h3-6H,7-8H2,1-2H3;1H/q+1;/p-1. The second-order valence-corrected chi connectivity index (χ2v) is 2.53. The molecule has 0 saturated carbocycles. The van der Waals surface area contributed by atoms with Crippen molar-refractivity contribution in [2.45, 2.75) is 13.5 Å². The van der Waals surface area contributed by atoms with Gasteiger partial charge in [0.2, 0.25) is 0 Å². The fourth-order valence-electron chi connectivity index (χ4n) is 1.00. The van der Waals surface area contributed by atoms with E-state index < -0.39 is 0 Å². The van der Waals surface area contributed by atoms with E-state index in [1.54, 1.807) is 7.11 Å². The van der Waals surface area contributed by atoms with Crippen LogP contribution >= 0.6 is 0 Å². The molecule has 1 rings (SSSR count). The Morgan fingerprint density at radius 3 is 2.75 bits per heavy atom. The predicted molar refractivity (Wildman–Crippen MR) is 43.3 cm³/mol. The first-order valence-electron chi connectivity index (χ1n) is 3.78. The Balaban J connectivity index is 0.00000121. The molecular weight excluding hydrogens is 174 g/mol. The number of pyridine rings is 1. The summed E-state index contributed by atoms with van der Waals surface area (Å²) in [7, 11) is 1.72. The van der Waals surface area contributed by atoms with Crippen LogP contribution in [0.2, 0.25) is 0 Å². The van der Waals surface area contributed by atoms with E-state index in [1.165, 1.54) is 5.69 Å². The van der Waals surface area contributed by atoms with E-state index in [0.29, 0.717) is 0 Å². The highest BCUT2D eigenvalue weighted by Gasteiger charge is 2.01. The van der Waals surface area contributed by atoms with E-state index in [-0.39, 0.29) is 12.4 Å². The molecule has 3 heteroatoms. The number of rotatable bonds is 3. The van der Waals surface area contributed by atoms with Gasteiger partial charge in [0.25, 0.3) is 0 Å². The van der Waals surface area contributed by atoms with Crippen LogP contribution in [0.15, 0.2) is 24.4 Å². The number of aromatic nitrogens is 1. The summed E-state index contributed by atoms with van der Waals surface area (Å²) in [4.78, 5) is 0. The van der Waals surface area contributed by atoms with Crippen LogP contribution < -0.4 is 17.0 Å². The van der Waals surface area contributed by atoms with Gasteiger partial charge in [0, 0.05) is 26.2 Å². The molecule has 0 unspecified atom stereocenters. The largest absolute Gasteiger partial charge is 1.00 e. The second kappa shape index (κ2) is 5.98. The van der Waals surface area contributed by atoms with E-state index in [2.05, 4.69) is 23.8 Å². The third-order valence-corrected chi connectivity index (χ3v) is 1.70. The Morgan fingerprint density at radius 2 is 2.17 bits per heavy atom. The monoisotopic (exact) mass is 187 g/mol. The van der Waals surface area contributed by atoms with E-state index in [1.807, 2.05) is 12.1 Å². The predicted octanol–water partition coefficient (Wildman–Crippen LogP) is -2.07. The molecule has 0 aliphatic carbocycles. The Bertz CT molecular complexity index is 228. The Hall–Kier alpha value is -0.600. The third kappa shape index (κ3) is 3.20. The van der Waals surface area contributed by atoms with E-state index in [9.17, 15) is 0 Å². The number of nitrogens with zero attached hydrogens (tertiary/aromatic N) is 1. The van der Waals surface area contributed by atoms with Gasteiger partial charge in [-0.2, -0.15) is 0 Å². The van der Waals surface area contributed by atoms with Crippen molar-refractivity contribution >= 4 is 0 Å². The lowest BCUT2D eigenvalue weighted by Crippen LogP contribution is -3.00. The second-order valence-electron chi connectivity index (χ2n) is 2.53. The first kappa shape index (κ1) is 11.4. The zero-order valence-corrected chi connectivity index (χ0v) is 8.21. The summed E-state index contributed by atoms with van der Waals surface area (Å²) in [5.74, 6) is 0. The van der Waals surface area contributed by atoms with Gasteiger partial charge in [-0.25, -0.2) is 4.57 Å². The molecule has 0 atom stereocenters. The zero-order valence-electron chi connectivity index (χ0n) is 7.46. The van der Waals surface area contributed by atoms with Crippen LogP contribution in [0.25, 0.3) is 0 Å². The van der Waals surface area contributed by atoms with Crippen LogP contribution in [0.4, 0.5) is 0 Å². The normalized spacial score (nSPS) is 9.17. The molecule has 0 aliphatic heterocycles. The van der Waals surface area contributed by atoms with Crippen LogP contribution in [0.5, 0.6) is 0 Å². The minimum Gasteiger partial charge on any atom is -1.00 e. The van der Waals surface area contributed by atoms with E-state index >= 15 is 0 Å². The summed E-state index contributed by atoms with van der Waals surface area (Å²) in [6.07, 6.45) is 2.06. The van der Waals surface area contributed by atoms with Gasteiger partial charge in [-0.15, -0.1) is 0 Å². The van der Waals surface area contributed by atoms with E-state index in [0.717, 1.165) is 13.2 Å². The van der Waals surface area contributed by atoms with E-state index in [4.69, 9.17) is 4.74 Å². The highest BCUT2D eigenvalue weighted by molar-refractivity contribution is 4.93. The Morgan fingerprint density at radius 1 is 1.42 bits per heavy atom. The summed E-state index contributed by atoms with van der Waals surface area (Å²) in [6, 6.07) is 6.16. The first-order valence-corrected chi connectivity index (χ1v) is 3.78. The highest BCUT2D eigenvalue weighted by Crippen LogP contribution is 1.86. The molecule has 0 bridgehead atoms. The fourth-order valence-corrected chi connectivity index (χ4v) is 1.00. The molecule has 1 aromatic rings. The van der Waals surface area contributed by atoms with Gasteiger partial charge in [-0.3, -0.25) is 0 Å². The van der Waals surface area contributed by atoms with Crippen LogP contribution in [0, 0.1) is 6.92 Å². The number of hydrogen-bond donors (Lipinski definition) is 0. The summed E-state index contributed by atoms with van der Waals surface area (Å²) in [5.41, 5.74) is 1.27. The topological polar surface area (TPSA) is 13.1 Å². The van der Waals surface area contributed by atoms with Crippen molar-refractivity contribution in [3.05, 3.63) is 30.1 Å². The SMILES string of the molecule is COCC[n+]1ccccc1C.[Cl-]. The van der Waals surface area contributed by atoms with Gasteiger partial charge < -0.3 is 17.1 Å². The van der Waals surface area contributed by atoms with Crippen LogP contribution in [-0.4, -0.2) is 13.7 Å². The summed E-state index contributed by atoms with van der Waals surface area (Å²) in [6.45, 7) is 3.80. The van der Waals surface area contributed by atoms with Gasteiger partial charge >= 0.3 is 0 Å². The minimum absolute atomic E-state index is 0. The van der Waals surface area contributed by atoms with Crippen LogP contribution in [-0.2, 0) is 11.3 Å². The molecule has 12 heavy (non-hydrogen) atoms. The molecule has 1 heterocycles. The van der Waals surface area contributed by atoms with Crippen molar-refractivity contribution in [1.29, 1.82) is 0 Å². The summed E-state index contributed by atoms with van der Waals surface area (Å²) < 4.78 is 7.15. The Kier molecular flexibility index (Phi) is 5.68. The molecule has 0 amide bonds. The average Bonchev–Trinajstić information content (AvgIpc) is 2.03. The average molecular weight is 188 g/mol. The molecule has 0 N–H and O–H groups in total. The quantitative estimate of drug-likeness (QED) is 0.496. The van der Waals surface area contributed by atoms with Gasteiger partial charge in [0.15, 0.2) is 18.4 Å². The maximum atomic E-state index is 4.98. The lowest BCUT2D eigenvalue weighted by atomic mass is 10.3. The van der Waals surface area contributed by atoms with Crippen LogP contribution in [0.1, 0.15) is 5.69 Å². The number of hydrogen-bond acceptors (Lipinski definition) is 1. The van der Waals surface area contributed by atoms with Crippen molar-refractivity contribution < 1.29 is 21.7 Å². The molecular formula is C9H14ClNO. The first-order chi connectivity index (χ1) is 5.34. The van der Waals surface area contributed by atoms with Gasteiger partial charge in [-0.05, 0) is 0 Å². The summed E-state index contributed by atoms with van der Waals surface area (Å²) in [5, 5.41) is 0. The van der Waals surface area contributed by atoms with Crippen molar-refractivity contribution in [1.82, 2.24) is 0 Å². The molecule has 0 aliphatic rings. The zero-order chi connectivity index (χ0) is 8.10. The van der Waals surface area contributed by atoms with Crippen molar-refractivity contribution in [3.8, 4) is 0 Å². The van der Waals surface area contributed by atoms with Crippen molar-refractivity contribution in [2.75, 3.05) is 13.7 Å². The lowest BCUT2D eigenvalue weighted by molar-refractivity contribution is -0.704. The maximum absolute atomic E-state index is 4.98. The molecule has 0 saturated heterocycles. The molecule has 68 valence electrons. The number of ether oxygens (including phenoxy) is 1. The number of aryl methyl sites for hydroxylation is 1. The molecule has 0 aromatic carbocycles. The lowest BCUT2D eigenvalue weighted by Gasteiger charge is -1.97. The Labute approximate surface area is 79.6 Å². The maximum Gasteiger partial charge on any atom is 0.178 e. The highest BCUT2D eigenvalue weighted by atomic mass is 35.5. The fraction of sp³-hybridized carbons (Fsp3) is 0.444. The van der Waals surface area contributed by atoms with Gasteiger partial charge in [-0.1, -0.05) is 6.07 Å². The molecule has 2 nitrogen and oxygen atoms in total. The number of halogens is 1. The van der Waals surface area contributed by atoms with Crippen molar-refractivity contribution in [3.63, 3.8) is 0 Å². The third-order valence-electron chi connectivity index (χ3n) is 1.70. The molecule has 1 aromatic heterocycles. The van der Waals surface area contributed by atoms with Gasteiger partial charge in [0.05, 0.1) is 0 Å². The van der Waals surface area contributed by atoms with Gasteiger partial charge in [0.1, 0.15) is 6.61 Å². The number of methoxy groups -OCH3 is 1. The minimum atomic E-state index is 0. The molecule has 0 radical (unpaired) electrons. The van der Waals surface area contributed by atoms with Crippen LogP contribution in [0.3, 0.4) is 0 Å². The smallest absolute Gasteiger partial charge is 0.178 e.